The van der Waals surface area contributed by atoms with Gasteiger partial charge in [-0.3, -0.25) is 0 Å². The molecule has 0 radical (unpaired) electrons. The topological polar surface area (TPSA) is 0 Å². The smallest absolute Gasteiger partial charge is 0.0373 e. The lowest BCUT2D eigenvalue weighted by atomic mass is 10.8. The van der Waals surface area contributed by atoms with Crippen LogP contribution < -0.4 is 0 Å². The lowest BCUT2D eigenvalue weighted by Gasteiger charge is -2.08. The molecule has 0 rings (SSSR count). The Kier molecular flexibility index (Phi) is 2.89. The quantitative estimate of drug-likeness (QED) is 0.422. The highest BCUT2D eigenvalue weighted by Crippen LogP contribution is 1.89. The van der Waals surface area contributed by atoms with E-state index in [0.717, 1.165) is 0 Å². The van der Waals surface area contributed by atoms with E-state index in [1.807, 2.05) is 13.8 Å². The molecule has 0 heterocycles. The standard InChI is InChI=1S/C6H11S/c1-5-7(4)6(2)3/h2H2,1,3-4H3/q-1. The molecule has 1 heteroatoms. The zero-order chi connectivity index (χ0) is 5.86. The highest BCUT2D eigenvalue weighted by Gasteiger charge is 1.58. The van der Waals surface area contributed by atoms with Crippen LogP contribution in [0.5, 0.6) is 0 Å². The summed E-state index contributed by atoms with van der Waals surface area (Å²) >= 11 is 0. The van der Waals surface area contributed by atoms with Crippen molar-refractivity contribution in [3.63, 3.8) is 0 Å². The Labute approximate surface area is 47.8 Å². The Morgan fingerprint density at radius 1 is 1.71 bits per heavy atom. The second kappa shape index (κ2) is 2.95. The van der Waals surface area contributed by atoms with Gasteiger partial charge >= 0.3 is 0 Å². The van der Waals surface area contributed by atoms with Gasteiger partial charge in [0.15, 0.2) is 0 Å². The van der Waals surface area contributed by atoms with Gasteiger partial charge in [0.05, 0.1) is 0 Å². The van der Waals surface area contributed by atoms with Gasteiger partial charge in [0, 0.05) is 0 Å². The molecule has 0 aliphatic rings. The van der Waals surface area contributed by atoms with E-state index >= 15 is 0 Å². The normalized spacial score (nSPS) is 8.57. The molecule has 42 valence electrons. The molecule has 7 heavy (non-hydrogen) atoms. The van der Waals surface area contributed by atoms with Gasteiger partial charge < -0.3 is 15.5 Å². The highest BCUT2D eigenvalue weighted by molar-refractivity contribution is 7.89. The minimum Gasteiger partial charge on any atom is -0.434 e. The maximum absolute atomic E-state index is 3.78. The van der Waals surface area contributed by atoms with Gasteiger partial charge in [-0.25, -0.2) is 0 Å². The molecule has 0 saturated carbocycles. The van der Waals surface area contributed by atoms with E-state index in [1.165, 1.54) is 4.91 Å². The monoisotopic (exact) mass is 115 g/mol. The number of allylic oxidation sites excluding steroid dienone is 1. The van der Waals surface area contributed by atoms with Crippen LogP contribution >= 0.6 is 0 Å². The Bertz CT molecular complexity index is 143. The van der Waals surface area contributed by atoms with Crippen LogP contribution in [0.1, 0.15) is 13.8 Å². The predicted octanol–water partition coefficient (Wildman–Crippen LogP) is 1.75. The van der Waals surface area contributed by atoms with Gasteiger partial charge in [-0.2, -0.15) is 4.91 Å². The van der Waals surface area contributed by atoms with Gasteiger partial charge in [-0.05, 0) is 6.92 Å². The van der Waals surface area contributed by atoms with E-state index in [1.54, 1.807) is 0 Å². The molecule has 0 saturated heterocycles. The lowest BCUT2D eigenvalue weighted by Crippen LogP contribution is -1.77. The van der Waals surface area contributed by atoms with Crippen molar-refractivity contribution in [3.05, 3.63) is 11.5 Å². The second-order valence-corrected chi connectivity index (χ2v) is 3.54. The summed E-state index contributed by atoms with van der Waals surface area (Å²) in [5, 5.41) is 3.09. The lowest BCUT2D eigenvalue weighted by molar-refractivity contribution is 1.72. The third kappa shape index (κ3) is 2.55. The molecule has 0 nitrogen and oxygen atoms in total. The van der Waals surface area contributed by atoms with Crippen molar-refractivity contribution in [3.8, 4) is 5.18 Å². The fourth-order valence-corrected chi connectivity index (χ4v) is 0.523. The van der Waals surface area contributed by atoms with Crippen LogP contribution in [0.4, 0.5) is 0 Å². The Morgan fingerprint density at radius 3 is 2.14 bits per heavy atom. The van der Waals surface area contributed by atoms with Crippen LogP contribution in [0, 0.1) is 5.18 Å². The van der Waals surface area contributed by atoms with Crippen LogP contribution in [-0.4, -0.2) is 6.26 Å². The first-order valence-corrected chi connectivity index (χ1v) is 3.80. The molecule has 0 spiro atoms. The van der Waals surface area contributed by atoms with Gasteiger partial charge in [-0.1, -0.05) is 6.92 Å². The predicted molar refractivity (Wildman–Crippen MR) is 37.7 cm³/mol. The highest BCUT2D eigenvalue weighted by atomic mass is 32.2. The molecule has 0 unspecified atom stereocenters. The Morgan fingerprint density at radius 2 is 2.14 bits per heavy atom. The summed E-state index contributed by atoms with van der Waals surface area (Å²) in [6.07, 6.45) is 2.11. The molecule has 0 aromatic carbocycles. The van der Waals surface area contributed by atoms with E-state index in [-0.39, 0.29) is 10.3 Å². The molecular weight excluding hydrogens is 104 g/mol. The summed E-state index contributed by atoms with van der Waals surface area (Å²) in [5.74, 6) is 0. The zero-order valence-corrected chi connectivity index (χ0v) is 5.93. The summed E-state index contributed by atoms with van der Waals surface area (Å²) in [6, 6.07) is 0. The van der Waals surface area contributed by atoms with E-state index in [2.05, 4.69) is 18.0 Å². The molecule has 0 amide bonds. The molecular formula is C6H11S-. The maximum atomic E-state index is 3.78. The molecule has 0 aromatic rings. The average Bonchev–Trinajstić information content (AvgIpc) is 1.65. The first-order chi connectivity index (χ1) is 3.18. The van der Waals surface area contributed by atoms with E-state index in [0.29, 0.717) is 0 Å². The van der Waals surface area contributed by atoms with Gasteiger partial charge in [0.1, 0.15) is 0 Å². The van der Waals surface area contributed by atoms with E-state index in [4.69, 9.17) is 0 Å². The van der Waals surface area contributed by atoms with Crippen molar-refractivity contribution in [1.29, 1.82) is 0 Å². The van der Waals surface area contributed by atoms with Crippen LogP contribution in [-0.2, 0) is 10.3 Å². The first-order valence-electron chi connectivity index (χ1n) is 2.17. The fraction of sp³-hybridized carbons (Fsp3) is 0.500. The molecule has 0 aliphatic carbocycles. The van der Waals surface area contributed by atoms with E-state index in [9.17, 15) is 0 Å². The van der Waals surface area contributed by atoms with Crippen LogP contribution in [0.15, 0.2) is 11.5 Å². The second-order valence-electron chi connectivity index (χ2n) is 1.42. The summed E-state index contributed by atoms with van der Waals surface area (Å²) < 4.78 is 0. The van der Waals surface area contributed by atoms with Gasteiger partial charge in [0.25, 0.3) is 0 Å². The first kappa shape index (κ1) is 6.87. The van der Waals surface area contributed by atoms with Gasteiger partial charge in [0.2, 0.25) is 0 Å². The van der Waals surface area contributed by atoms with Crippen LogP contribution in [0.25, 0.3) is 0 Å². The van der Waals surface area contributed by atoms with Gasteiger partial charge in [-0.15, -0.1) is 12.8 Å². The summed E-state index contributed by atoms with van der Waals surface area (Å²) in [5.41, 5.74) is 0. The molecule has 0 atom stereocenters. The van der Waals surface area contributed by atoms with E-state index < -0.39 is 0 Å². The average molecular weight is 115 g/mol. The van der Waals surface area contributed by atoms with Crippen LogP contribution in [0.3, 0.4) is 0 Å². The molecule has 0 aromatic heterocycles. The Hall–Kier alpha value is -0.130. The minimum atomic E-state index is 0.227. The number of hydrogen-bond donors (Lipinski definition) is 0. The maximum Gasteiger partial charge on any atom is -0.0373 e. The molecule has 0 N–H and O–H groups in total. The summed E-state index contributed by atoms with van der Waals surface area (Å²) in [7, 11) is 0.227. The van der Waals surface area contributed by atoms with Crippen LogP contribution in [0.2, 0.25) is 0 Å². The van der Waals surface area contributed by atoms with Crippen molar-refractivity contribution in [2.45, 2.75) is 13.8 Å². The Balaban J connectivity index is 4.01. The van der Waals surface area contributed by atoms with Crippen molar-refractivity contribution in [2.24, 2.45) is 0 Å². The summed E-state index contributed by atoms with van der Waals surface area (Å²) in [6.45, 7) is 7.75. The number of rotatable bonds is 0. The molecule has 0 bridgehead atoms. The SMILES string of the molecule is C=C(C)[S-](C)#CC. The van der Waals surface area contributed by atoms with Crippen molar-refractivity contribution in [2.75, 3.05) is 6.26 Å². The van der Waals surface area contributed by atoms with Crippen molar-refractivity contribution < 1.29 is 0 Å². The molecule has 0 aliphatic heterocycles. The minimum absolute atomic E-state index is 0.227. The van der Waals surface area contributed by atoms with Crippen molar-refractivity contribution in [1.82, 2.24) is 0 Å². The largest absolute Gasteiger partial charge is 0.434 e. The summed E-state index contributed by atoms with van der Waals surface area (Å²) in [4.78, 5) is 1.21. The van der Waals surface area contributed by atoms with Crippen molar-refractivity contribution >= 4 is 10.3 Å². The molecule has 0 fully saturated rings. The zero-order valence-electron chi connectivity index (χ0n) is 5.12. The third-order valence-electron chi connectivity index (χ3n) is 0.829. The number of hydrogen-bond acceptors (Lipinski definition) is 1. The third-order valence-corrected chi connectivity index (χ3v) is 2.49. The fourth-order valence-electron chi connectivity index (χ4n) is 0.174.